The van der Waals surface area contributed by atoms with Crippen LogP contribution in [0.2, 0.25) is 9.36 Å². The molecule has 1 unspecified atom stereocenters. The van der Waals surface area contributed by atoms with Crippen molar-refractivity contribution in [2.24, 2.45) is 0 Å². The third-order valence-electron chi connectivity index (χ3n) is 2.88. The zero-order valence-corrected chi connectivity index (χ0v) is 13.0. The average Bonchev–Trinajstić information content (AvgIpc) is 2.78. The van der Waals surface area contributed by atoms with Crippen LogP contribution in [0.15, 0.2) is 24.3 Å². The molecule has 102 valence electrons. The maximum absolute atomic E-state index is 13.5. The molecule has 0 aliphatic rings. The van der Waals surface area contributed by atoms with Crippen LogP contribution in [-0.4, -0.2) is 6.54 Å². The van der Waals surface area contributed by atoms with E-state index in [-0.39, 0.29) is 11.9 Å². The molecule has 0 aliphatic carbocycles. The summed E-state index contributed by atoms with van der Waals surface area (Å²) in [6, 6.07) is 6.92. The minimum atomic E-state index is -0.284. The molecule has 1 atom stereocenters. The predicted octanol–water partition coefficient (Wildman–Crippen LogP) is 5.20. The van der Waals surface area contributed by atoms with Crippen LogP contribution in [0.5, 0.6) is 0 Å². The number of hydrogen-bond donors (Lipinski definition) is 1. The largest absolute Gasteiger partial charge is 0.306 e. The number of rotatable bonds is 4. The van der Waals surface area contributed by atoms with E-state index in [1.807, 2.05) is 19.1 Å². The van der Waals surface area contributed by atoms with Gasteiger partial charge in [0.15, 0.2) is 0 Å². The van der Waals surface area contributed by atoms with E-state index in [0.29, 0.717) is 10.6 Å². The van der Waals surface area contributed by atoms with Gasteiger partial charge in [-0.05, 0) is 48.9 Å². The summed E-state index contributed by atoms with van der Waals surface area (Å²) in [4.78, 5) is 1.07. The van der Waals surface area contributed by atoms with Crippen LogP contribution in [0.25, 0.3) is 0 Å². The van der Waals surface area contributed by atoms with Crippen molar-refractivity contribution in [2.45, 2.75) is 19.9 Å². The highest BCUT2D eigenvalue weighted by molar-refractivity contribution is 7.16. The number of hydrogen-bond acceptors (Lipinski definition) is 2. The molecular weight excluding hydrogens is 304 g/mol. The Morgan fingerprint density at radius 1 is 1.32 bits per heavy atom. The molecule has 0 fully saturated rings. The Hall–Kier alpha value is -0.610. The summed E-state index contributed by atoms with van der Waals surface area (Å²) < 4.78 is 14.2. The highest BCUT2D eigenvalue weighted by atomic mass is 35.5. The van der Waals surface area contributed by atoms with Gasteiger partial charge in [-0.25, -0.2) is 4.39 Å². The summed E-state index contributed by atoms with van der Waals surface area (Å²) >= 11 is 13.7. The molecular formula is C14H14Cl2FNS. The molecule has 0 radical (unpaired) electrons. The van der Waals surface area contributed by atoms with Gasteiger partial charge in [-0.15, -0.1) is 11.3 Å². The second-order valence-corrected chi connectivity index (χ2v) is 6.41. The van der Waals surface area contributed by atoms with Gasteiger partial charge in [0, 0.05) is 9.90 Å². The molecule has 0 spiro atoms. The maximum atomic E-state index is 13.5. The number of thiophene rings is 1. The topological polar surface area (TPSA) is 12.0 Å². The van der Waals surface area contributed by atoms with Crippen molar-refractivity contribution in [3.05, 3.63) is 55.4 Å². The highest BCUT2D eigenvalue weighted by Gasteiger charge is 2.19. The first-order valence-corrected chi connectivity index (χ1v) is 7.54. The first kappa shape index (κ1) is 14.8. The van der Waals surface area contributed by atoms with Crippen molar-refractivity contribution in [3.63, 3.8) is 0 Å². The Labute approximate surface area is 126 Å². The van der Waals surface area contributed by atoms with E-state index >= 15 is 0 Å². The average molecular weight is 318 g/mol. The van der Waals surface area contributed by atoms with E-state index in [9.17, 15) is 4.39 Å². The zero-order chi connectivity index (χ0) is 14.0. The molecule has 1 heterocycles. The summed E-state index contributed by atoms with van der Waals surface area (Å²) in [5, 5.41) is 3.79. The lowest BCUT2D eigenvalue weighted by Gasteiger charge is -2.19. The maximum Gasteiger partial charge on any atom is 0.127 e. The van der Waals surface area contributed by atoms with Crippen LogP contribution in [0.1, 0.15) is 29.0 Å². The first-order valence-electron chi connectivity index (χ1n) is 5.97. The van der Waals surface area contributed by atoms with E-state index in [1.165, 1.54) is 17.4 Å². The molecule has 0 saturated carbocycles. The summed E-state index contributed by atoms with van der Waals surface area (Å²) in [6.07, 6.45) is 0. The molecule has 2 rings (SSSR count). The fraction of sp³-hybridized carbons (Fsp3) is 0.286. The van der Waals surface area contributed by atoms with Crippen molar-refractivity contribution in [1.29, 1.82) is 0 Å². The van der Waals surface area contributed by atoms with Crippen LogP contribution < -0.4 is 5.32 Å². The van der Waals surface area contributed by atoms with Crippen LogP contribution in [-0.2, 0) is 0 Å². The van der Waals surface area contributed by atoms with Gasteiger partial charge in [-0.1, -0.05) is 30.1 Å². The summed E-state index contributed by atoms with van der Waals surface area (Å²) in [5.41, 5.74) is 1.46. The van der Waals surface area contributed by atoms with Crippen LogP contribution in [0.4, 0.5) is 4.39 Å². The molecule has 19 heavy (non-hydrogen) atoms. The van der Waals surface area contributed by atoms with Gasteiger partial charge in [0.2, 0.25) is 0 Å². The number of nitrogens with one attached hydrogen (secondary N) is 1. The lowest BCUT2D eigenvalue weighted by Crippen LogP contribution is -2.21. The smallest absolute Gasteiger partial charge is 0.127 e. The third kappa shape index (κ3) is 3.29. The number of benzene rings is 1. The SMILES string of the molecule is CCNC(c1ccc(Cl)s1)c1cc(C)c(F)cc1Cl. The van der Waals surface area contributed by atoms with E-state index in [0.717, 1.165) is 21.3 Å². The van der Waals surface area contributed by atoms with Crippen LogP contribution >= 0.6 is 34.5 Å². The highest BCUT2D eigenvalue weighted by Crippen LogP contribution is 2.35. The molecule has 0 amide bonds. The minimum absolute atomic E-state index is 0.0608. The second kappa shape index (κ2) is 6.23. The molecule has 5 heteroatoms. The van der Waals surface area contributed by atoms with Gasteiger partial charge < -0.3 is 5.32 Å². The van der Waals surface area contributed by atoms with E-state index in [2.05, 4.69) is 5.32 Å². The van der Waals surface area contributed by atoms with Crippen molar-refractivity contribution >= 4 is 34.5 Å². The minimum Gasteiger partial charge on any atom is -0.306 e. The second-order valence-electron chi connectivity index (χ2n) is 4.26. The molecule has 0 bridgehead atoms. The van der Waals surface area contributed by atoms with Gasteiger partial charge in [-0.2, -0.15) is 0 Å². The van der Waals surface area contributed by atoms with Gasteiger partial charge in [-0.3, -0.25) is 0 Å². The number of aryl methyl sites for hydroxylation is 1. The number of halogens is 3. The van der Waals surface area contributed by atoms with Gasteiger partial charge in [0.25, 0.3) is 0 Å². The fourth-order valence-corrected chi connectivity index (χ4v) is 3.37. The summed E-state index contributed by atoms with van der Waals surface area (Å²) in [7, 11) is 0. The lowest BCUT2D eigenvalue weighted by molar-refractivity contribution is 0.609. The Morgan fingerprint density at radius 3 is 2.63 bits per heavy atom. The van der Waals surface area contributed by atoms with E-state index < -0.39 is 0 Å². The summed E-state index contributed by atoms with van der Waals surface area (Å²) in [5.74, 6) is -0.284. The van der Waals surface area contributed by atoms with E-state index in [1.54, 1.807) is 13.0 Å². The molecule has 1 aromatic carbocycles. The van der Waals surface area contributed by atoms with Crippen LogP contribution in [0, 0.1) is 12.7 Å². The lowest BCUT2D eigenvalue weighted by atomic mass is 10.0. The Balaban J connectivity index is 2.47. The fourth-order valence-electron chi connectivity index (χ4n) is 1.95. The monoisotopic (exact) mass is 317 g/mol. The van der Waals surface area contributed by atoms with Crippen molar-refractivity contribution in [1.82, 2.24) is 5.32 Å². The standard InChI is InChI=1S/C14H14Cl2FNS/c1-3-18-14(12-4-5-13(16)19-12)9-6-8(2)11(17)7-10(9)15/h4-7,14,18H,3H2,1-2H3. The Morgan fingerprint density at radius 2 is 2.05 bits per heavy atom. The van der Waals surface area contributed by atoms with Gasteiger partial charge in [0.1, 0.15) is 5.82 Å². The Bertz CT molecular complexity index is 583. The molecule has 0 saturated heterocycles. The molecule has 1 aromatic heterocycles. The van der Waals surface area contributed by atoms with Crippen molar-refractivity contribution in [2.75, 3.05) is 6.54 Å². The molecule has 2 aromatic rings. The summed E-state index contributed by atoms with van der Waals surface area (Å²) in [6.45, 7) is 4.54. The molecule has 1 nitrogen and oxygen atoms in total. The van der Waals surface area contributed by atoms with Crippen molar-refractivity contribution in [3.8, 4) is 0 Å². The van der Waals surface area contributed by atoms with E-state index in [4.69, 9.17) is 23.2 Å². The quantitative estimate of drug-likeness (QED) is 0.817. The first-order chi connectivity index (χ1) is 9.02. The van der Waals surface area contributed by atoms with Crippen molar-refractivity contribution < 1.29 is 4.39 Å². The normalized spacial score (nSPS) is 12.7. The van der Waals surface area contributed by atoms with Crippen LogP contribution in [0.3, 0.4) is 0 Å². The Kier molecular flexibility index (Phi) is 4.85. The molecule has 1 N–H and O–H groups in total. The van der Waals surface area contributed by atoms with Gasteiger partial charge in [0.05, 0.1) is 10.4 Å². The molecule has 0 aliphatic heterocycles. The van der Waals surface area contributed by atoms with Gasteiger partial charge >= 0.3 is 0 Å². The predicted molar refractivity (Wildman–Crippen MR) is 81.0 cm³/mol. The third-order valence-corrected chi connectivity index (χ3v) is 4.50. The zero-order valence-electron chi connectivity index (χ0n) is 10.6.